The number of hydrogen-bond donors (Lipinski definition) is 0. The van der Waals surface area contributed by atoms with Crippen LogP contribution >= 0.6 is 0 Å². The lowest BCUT2D eigenvalue weighted by Crippen LogP contribution is -1.94. The average Bonchev–Trinajstić information content (AvgIpc) is 3.61. The summed E-state index contributed by atoms with van der Waals surface area (Å²) in [6.45, 7) is 4.31. The quantitative estimate of drug-likeness (QED) is 0.242. The molecule has 0 saturated heterocycles. The summed E-state index contributed by atoms with van der Waals surface area (Å²) in [5, 5.41) is 6.65. The van der Waals surface area contributed by atoms with Gasteiger partial charge in [0.15, 0.2) is 0 Å². The van der Waals surface area contributed by atoms with Crippen LogP contribution in [0, 0.1) is 13.8 Å². The molecule has 0 atom stereocenters. The number of nitrogens with zero attached hydrogens (tertiary/aromatic N) is 5. The van der Waals surface area contributed by atoms with Crippen LogP contribution in [0.1, 0.15) is 11.1 Å². The number of aromatic nitrogens is 5. The van der Waals surface area contributed by atoms with Crippen LogP contribution in [0.4, 0.5) is 0 Å². The Labute approximate surface area is 211 Å². The Hall–Kier alpha value is -4.97. The summed E-state index contributed by atoms with van der Waals surface area (Å²) in [4.78, 5) is 13.9. The highest BCUT2D eigenvalue weighted by molar-refractivity contribution is 6.13. The third-order valence-electron chi connectivity index (χ3n) is 7.45. The molecule has 0 aliphatic carbocycles. The molecule has 0 radical (unpaired) electrons. The lowest BCUT2D eigenvalue weighted by molar-refractivity contribution is 0.484. The van der Waals surface area contributed by atoms with Gasteiger partial charge in [0.1, 0.15) is 28.4 Å². The first-order valence-electron chi connectivity index (χ1n) is 12.3. The van der Waals surface area contributed by atoms with E-state index < -0.39 is 0 Å². The van der Waals surface area contributed by atoms with Crippen LogP contribution in [0.5, 0.6) is 11.5 Å². The van der Waals surface area contributed by atoms with Crippen molar-refractivity contribution in [2.24, 2.45) is 0 Å². The van der Waals surface area contributed by atoms with E-state index in [9.17, 15) is 0 Å². The highest BCUT2D eigenvalue weighted by Gasteiger charge is 2.14. The van der Waals surface area contributed by atoms with E-state index in [2.05, 4.69) is 75.7 Å². The molecule has 8 rings (SSSR count). The average molecular weight is 480 g/mol. The molecule has 6 nitrogen and oxygen atoms in total. The number of hydrogen-bond acceptors (Lipinski definition) is 4. The maximum absolute atomic E-state index is 6.42. The van der Waals surface area contributed by atoms with Gasteiger partial charge in [0.05, 0.1) is 5.52 Å². The Balaban J connectivity index is 1.31. The van der Waals surface area contributed by atoms with Crippen LogP contribution in [0.3, 0.4) is 0 Å². The summed E-state index contributed by atoms with van der Waals surface area (Å²) < 4.78 is 10.6. The number of imidazole rings is 2. The van der Waals surface area contributed by atoms with Crippen molar-refractivity contribution in [1.29, 1.82) is 0 Å². The maximum Gasteiger partial charge on any atom is 0.146 e. The second-order valence-electron chi connectivity index (χ2n) is 9.59. The zero-order chi connectivity index (χ0) is 24.7. The lowest BCUT2D eigenvalue weighted by Gasteiger charge is -2.13. The van der Waals surface area contributed by atoms with Crippen molar-refractivity contribution in [3.8, 4) is 11.5 Å². The molecule has 0 fully saturated rings. The van der Waals surface area contributed by atoms with E-state index in [0.717, 1.165) is 55.5 Å². The van der Waals surface area contributed by atoms with Crippen molar-refractivity contribution < 1.29 is 4.74 Å². The maximum atomic E-state index is 6.42. The van der Waals surface area contributed by atoms with Gasteiger partial charge >= 0.3 is 0 Å². The van der Waals surface area contributed by atoms with Gasteiger partial charge in [-0.25, -0.2) is 15.0 Å². The van der Waals surface area contributed by atoms with Gasteiger partial charge in [0, 0.05) is 52.5 Å². The summed E-state index contributed by atoms with van der Waals surface area (Å²) in [6, 6.07) is 21.0. The van der Waals surface area contributed by atoms with Crippen molar-refractivity contribution in [1.82, 2.24) is 23.8 Å². The second kappa shape index (κ2) is 7.27. The molecule has 0 bridgehead atoms. The van der Waals surface area contributed by atoms with E-state index in [-0.39, 0.29) is 0 Å². The molecule has 37 heavy (non-hydrogen) atoms. The molecule has 0 N–H and O–H groups in total. The van der Waals surface area contributed by atoms with Crippen molar-refractivity contribution >= 4 is 54.8 Å². The summed E-state index contributed by atoms with van der Waals surface area (Å²) in [5.41, 5.74) is 6.39. The van der Waals surface area contributed by atoms with Gasteiger partial charge < -0.3 is 4.74 Å². The fourth-order valence-electron chi connectivity index (χ4n) is 5.54. The number of aryl methyl sites for hydroxylation is 2. The van der Waals surface area contributed by atoms with Crippen LogP contribution in [-0.4, -0.2) is 23.8 Å². The molecule has 5 heterocycles. The Bertz CT molecular complexity index is 2210. The summed E-state index contributed by atoms with van der Waals surface area (Å²) >= 11 is 0. The molecule has 6 heteroatoms. The van der Waals surface area contributed by atoms with Crippen LogP contribution < -0.4 is 4.74 Å². The first kappa shape index (κ1) is 20.2. The highest BCUT2D eigenvalue weighted by Crippen LogP contribution is 2.36. The Morgan fingerprint density at radius 3 is 1.89 bits per heavy atom. The van der Waals surface area contributed by atoms with Crippen molar-refractivity contribution in [2.75, 3.05) is 0 Å². The Morgan fingerprint density at radius 2 is 1.14 bits per heavy atom. The summed E-state index contributed by atoms with van der Waals surface area (Å²) in [6.07, 6.45) is 9.45. The minimum absolute atomic E-state index is 0.756. The molecule has 0 aliphatic rings. The van der Waals surface area contributed by atoms with E-state index in [4.69, 9.17) is 4.74 Å². The van der Waals surface area contributed by atoms with Gasteiger partial charge in [-0.3, -0.25) is 8.80 Å². The minimum atomic E-state index is 0.756. The SMILES string of the molecule is Cc1cc2c3ccc(Oc4ccc5c6cccnc6n6ccnc6c5c4)cc3c3nccn3c2cc1C. The van der Waals surface area contributed by atoms with Gasteiger partial charge in [0.25, 0.3) is 0 Å². The van der Waals surface area contributed by atoms with Crippen LogP contribution in [0.2, 0.25) is 0 Å². The van der Waals surface area contributed by atoms with Gasteiger partial charge in [-0.15, -0.1) is 0 Å². The number of rotatable bonds is 2. The third kappa shape index (κ3) is 2.84. The second-order valence-corrected chi connectivity index (χ2v) is 9.59. The van der Waals surface area contributed by atoms with Crippen LogP contribution in [0.15, 0.2) is 91.6 Å². The first-order chi connectivity index (χ1) is 18.2. The number of benzene rings is 3. The minimum Gasteiger partial charge on any atom is -0.457 e. The Kier molecular flexibility index (Phi) is 3.98. The molecule has 0 saturated carbocycles. The standard InChI is InChI=1S/C31H21N5O/c1-18-14-25-23-8-6-21(17-27(23)30-33-10-12-35(30)28(25)15-19(18)2)37-20-5-7-22-24-4-3-9-32-29(24)36-13-11-34-31(36)26(22)16-20/h3-17H,1-2H3. The molecule has 176 valence electrons. The fourth-order valence-corrected chi connectivity index (χ4v) is 5.54. The zero-order valence-corrected chi connectivity index (χ0v) is 20.3. The topological polar surface area (TPSA) is 56.7 Å². The fraction of sp³-hybridized carbons (Fsp3) is 0.0645. The summed E-state index contributed by atoms with van der Waals surface area (Å²) in [5.74, 6) is 1.52. The molecule has 3 aromatic carbocycles. The van der Waals surface area contributed by atoms with Crippen molar-refractivity contribution in [3.05, 3.63) is 103 Å². The Morgan fingerprint density at radius 1 is 0.541 bits per heavy atom. The molecule has 0 aliphatic heterocycles. The molecule has 0 spiro atoms. The number of pyridine rings is 3. The molecule has 0 unspecified atom stereocenters. The number of fused-ring (bicyclic) bond motifs is 12. The smallest absolute Gasteiger partial charge is 0.146 e. The normalized spacial score (nSPS) is 12.1. The van der Waals surface area contributed by atoms with E-state index in [1.807, 2.05) is 53.6 Å². The van der Waals surface area contributed by atoms with E-state index in [1.165, 1.54) is 21.9 Å². The number of ether oxygens (including phenoxy) is 1. The van der Waals surface area contributed by atoms with Crippen molar-refractivity contribution in [3.63, 3.8) is 0 Å². The zero-order valence-electron chi connectivity index (χ0n) is 20.3. The predicted molar refractivity (Wildman–Crippen MR) is 148 cm³/mol. The van der Waals surface area contributed by atoms with Crippen molar-refractivity contribution in [2.45, 2.75) is 13.8 Å². The van der Waals surface area contributed by atoms with Gasteiger partial charge in [-0.2, -0.15) is 0 Å². The monoisotopic (exact) mass is 479 g/mol. The molecule has 0 amide bonds. The lowest BCUT2D eigenvalue weighted by atomic mass is 10.0. The van der Waals surface area contributed by atoms with E-state index in [1.54, 1.807) is 0 Å². The first-order valence-corrected chi connectivity index (χ1v) is 12.3. The molecular weight excluding hydrogens is 458 g/mol. The molecular formula is C31H21N5O. The van der Waals surface area contributed by atoms with Crippen LogP contribution in [-0.2, 0) is 0 Å². The summed E-state index contributed by atoms with van der Waals surface area (Å²) in [7, 11) is 0. The predicted octanol–water partition coefficient (Wildman–Crippen LogP) is 7.40. The van der Waals surface area contributed by atoms with Gasteiger partial charge in [0.2, 0.25) is 0 Å². The molecule has 8 aromatic rings. The van der Waals surface area contributed by atoms with E-state index in [0.29, 0.717) is 0 Å². The largest absolute Gasteiger partial charge is 0.457 e. The van der Waals surface area contributed by atoms with Gasteiger partial charge in [-0.05, 0) is 96.4 Å². The van der Waals surface area contributed by atoms with Crippen LogP contribution in [0.25, 0.3) is 54.8 Å². The van der Waals surface area contributed by atoms with E-state index >= 15 is 0 Å². The highest BCUT2D eigenvalue weighted by atomic mass is 16.5. The van der Waals surface area contributed by atoms with Gasteiger partial charge in [-0.1, -0.05) is 0 Å². The third-order valence-corrected chi connectivity index (χ3v) is 7.45. The molecule has 5 aromatic heterocycles.